The molecule has 0 bridgehead atoms. The fourth-order valence-electron chi connectivity index (χ4n) is 5.34. The Morgan fingerprint density at radius 3 is 2.41 bits per heavy atom. The summed E-state index contributed by atoms with van der Waals surface area (Å²) in [6, 6.07) is 17.3. The van der Waals surface area contributed by atoms with E-state index in [9.17, 15) is 4.79 Å². The van der Waals surface area contributed by atoms with Crippen molar-refractivity contribution >= 4 is 17.5 Å². The molecule has 3 nitrogen and oxygen atoms in total. The molecular formula is C25H29ClN2O. The second kappa shape index (κ2) is 7.77. The van der Waals surface area contributed by atoms with Gasteiger partial charge in [-0.15, -0.1) is 0 Å². The van der Waals surface area contributed by atoms with Gasteiger partial charge in [0.2, 0.25) is 5.91 Å². The summed E-state index contributed by atoms with van der Waals surface area (Å²) in [6.45, 7) is 3.09. The second-order valence-electron chi connectivity index (χ2n) is 9.13. The zero-order valence-electron chi connectivity index (χ0n) is 16.9. The smallest absolute Gasteiger partial charge is 0.230 e. The van der Waals surface area contributed by atoms with Crippen LogP contribution in [0.2, 0.25) is 5.02 Å². The van der Waals surface area contributed by atoms with Gasteiger partial charge in [0.05, 0.1) is 5.41 Å². The molecule has 3 aliphatic rings. The van der Waals surface area contributed by atoms with Crippen LogP contribution in [0.1, 0.15) is 42.4 Å². The number of piperidine rings is 1. The van der Waals surface area contributed by atoms with E-state index in [1.165, 1.54) is 43.4 Å². The van der Waals surface area contributed by atoms with E-state index in [0.717, 1.165) is 36.5 Å². The van der Waals surface area contributed by atoms with Gasteiger partial charge < -0.3 is 5.32 Å². The molecule has 29 heavy (non-hydrogen) atoms. The van der Waals surface area contributed by atoms with Gasteiger partial charge in [0.15, 0.2) is 0 Å². The molecule has 5 rings (SSSR count). The number of halogens is 1. The van der Waals surface area contributed by atoms with E-state index in [1.807, 2.05) is 24.3 Å². The van der Waals surface area contributed by atoms with E-state index in [-0.39, 0.29) is 11.3 Å². The Hall–Kier alpha value is -1.84. The Balaban J connectivity index is 1.17. The molecule has 1 saturated heterocycles. The first kappa shape index (κ1) is 19.1. The highest BCUT2D eigenvalue weighted by Crippen LogP contribution is 2.48. The number of fused-ring (bicyclic) bond motifs is 1. The Bertz CT molecular complexity index is 865. The molecule has 1 atom stereocenters. The van der Waals surface area contributed by atoms with Gasteiger partial charge in [0.1, 0.15) is 0 Å². The van der Waals surface area contributed by atoms with Gasteiger partial charge in [-0.2, -0.15) is 0 Å². The molecule has 152 valence electrons. The molecule has 2 aliphatic carbocycles. The van der Waals surface area contributed by atoms with Crippen molar-refractivity contribution in [2.75, 3.05) is 19.6 Å². The summed E-state index contributed by atoms with van der Waals surface area (Å²) < 4.78 is 0. The van der Waals surface area contributed by atoms with E-state index < -0.39 is 0 Å². The standard InChI is InChI=1S/C25H29ClN2O/c26-22-9-7-21(8-10-22)25(11-12-25)24(29)27-16-18-4-3-13-28(17-18)23-14-19-5-1-2-6-20(19)15-23/h1-2,5-10,18,23H,3-4,11-17H2,(H,27,29)/t18-/m0/s1. The fraction of sp³-hybridized carbons (Fsp3) is 0.480. The quantitative estimate of drug-likeness (QED) is 0.796. The lowest BCUT2D eigenvalue weighted by atomic mass is 9.93. The summed E-state index contributed by atoms with van der Waals surface area (Å²) >= 11 is 6.02. The molecule has 1 N–H and O–H groups in total. The molecule has 2 aromatic rings. The first-order chi connectivity index (χ1) is 14.1. The number of amides is 1. The average Bonchev–Trinajstić information content (AvgIpc) is 3.45. The third-order valence-corrected chi connectivity index (χ3v) is 7.48. The number of nitrogens with one attached hydrogen (secondary N) is 1. The maximum Gasteiger partial charge on any atom is 0.230 e. The summed E-state index contributed by atoms with van der Waals surface area (Å²) in [5, 5.41) is 4.02. The zero-order valence-corrected chi connectivity index (χ0v) is 17.6. The van der Waals surface area contributed by atoms with Crippen molar-refractivity contribution in [3.8, 4) is 0 Å². The lowest BCUT2D eigenvalue weighted by molar-refractivity contribution is -0.123. The number of carbonyl (C=O) groups is 1. The molecule has 2 aromatic carbocycles. The molecule has 0 aromatic heterocycles. The summed E-state index contributed by atoms with van der Waals surface area (Å²) in [4.78, 5) is 15.7. The van der Waals surface area contributed by atoms with Crippen LogP contribution in [0.15, 0.2) is 48.5 Å². The number of likely N-dealkylation sites (tertiary alicyclic amines) is 1. The van der Waals surface area contributed by atoms with Crippen LogP contribution in [0.3, 0.4) is 0 Å². The minimum atomic E-state index is -0.313. The fourth-order valence-corrected chi connectivity index (χ4v) is 5.46. The minimum absolute atomic E-state index is 0.199. The number of hydrogen-bond acceptors (Lipinski definition) is 2. The molecular weight excluding hydrogens is 380 g/mol. The molecule has 4 heteroatoms. The number of hydrogen-bond donors (Lipinski definition) is 1. The molecule has 1 saturated carbocycles. The highest BCUT2D eigenvalue weighted by molar-refractivity contribution is 6.30. The lowest BCUT2D eigenvalue weighted by Crippen LogP contribution is -2.47. The van der Waals surface area contributed by atoms with Crippen molar-refractivity contribution in [1.29, 1.82) is 0 Å². The third-order valence-electron chi connectivity index (χ3n) is 7.23. The molecule has 1 amide bonds. The van der Waals surface area contributed by atoms with E-state index in [0.29, 0.717) is 12.0 Å². The van der Waals surface area contributed by atoms with Crippen LogP contribution in [0, 0.1) is 5.92 Å². The van der Waals surface area contributed by atoms with E-state index in [2.05, 4.69) is 34.5 Å². The topological polar surface area (TPSA) is 32.3 Å². The average molecular weight is 409 g/mol. The highest BCUT2D eigenvalue weighted by Gasteiger charge is 2.51. The normalized spacial score (nSPS) is 23.6. The Morgan fingerprint density at radius 1 is 1.07 bits per heavy atom. The van der Waals surface area contributed by atoms with Gasteiger partial charge in [0, 0.05) is 24.2 Å². The van der Waals surface area contributed by atoms with Gasteiger partial charge in [-0.05, 0) is 79.8 Å². The number of rotatable bonds is 5. The highest BCUT2D eigenvalue weighted by atomic mass is 35.5. The van der Waals surface area contributed by atoms with Crippen molar-refractivity contribution in [3.63, 3.8) is 0 Å². The number of carbonyl (C=O) groups excluding carboxylic acids is 1. The second-order valence-corrected chi connectivity index (χ2v) is 9.57. The minimum Gasteiger partial charge on any atom is -0.355 e. The summed E-state index contributed by atoms with van der Waals surface area (Å²) in [6.07, 6.45) is 6.68. The largest absolute Gasteiger partial charge is 0.355 e. The van der Waals surface area contributed by atoms with Crippen molar-refractivity contribution in [2.45, 2.75) is 50.0 Å². The Kier molecular flexibility index (Phi) is 5.13. The van der Waals surface area contributed by atoms with Crippen LogP contribution >= 0.6 is 11.6 Å². The zero-order chi connectivity index (χ0) is 19.8. The SMILES string of the molecule is O=C(NC[C@@H]1CCCN(C2Cc3ccccc3C2)C1)C1(c2ccc(Cl)cc2)CC1. The molecule has 0 unspecified atom stereocenters. The van der Waals surface area contributed by atoms with Crippen LogP contribution in [-0.2, 0) is 23.1 Å². The van der Waals surface area contributed by atoms with Crippen LogP contribution < -0.4 is 5.32 Å². The molecule has 1 heterocycles. The monoisotopic (exact) mass is 408 g/mol. The van der Waals surface area contributed by atoms with E-state index in [4.69, 9.17) is 11.6 Å². The van der Waals surface area contributed by atoms with Crippen LogP contribution in [0.25, 0.3) is 0 Å². The predicted octanol–water partition coefficient (Wildman–Crippen LogP) is 4.37. The van der Waals surface area contributed by atoms with Gasteiger partial charge in [-0.1, -0.05) is 48.0 Å². The maximum atomic E-state index is 13.0. The third kappa shape index (κ3) is 3.83. The molecule has 1 aliphatic heterocycles. The number of nitrogens with zero attached hydrogens (tertiary/aromatic N) is 1. The first-order valence-electron chi connectivity index (χ1n) is 11.0. The predicted molar refractivity (Wildman–Crippen MR) is 117 cm³/mol. The van der Waals surface area contributed by atoms with Gasteiger partial charge in [0.25, 0.3) is 0 Å². The first-order valence-corrected chi connectivity index (χ1v) is 11.4. The molecule has 2 fully saturated rings. The number of benzene rings is 2. The molecule has 0 radical (unpaired) electrons. The maximum absolute atomic E-state index is 13.0. The molecule has 0 spiro atoms. The van der Waals surface area contributed by atoms with Crippen molar-refractivity contribution in [2.24, 2.45) is 5.92 Å². The van der Waals surface area contributed by atoms with E-state index in [1.54, 1.807) is 0 Å². The summed E-state index contributed by atoms with van der Waals surface area (Å²) in [5.74, 6) is 0.752. The van der Waals surface area contributed by atoms with Crippen molar-refractivity contribution < 1.29 is 4.79 Å². The Morgan fingerprint density at radius 2 is 1.76 bits per heavy atom. The Labute approximate surface area is 178 Å². The van der Waals surface area contributed by atoms with Crippen LogP contribution in [-0.4, -0.2) is 36.5 Å². The van der Waals surface area contributed by atoms with Crippen LogP contribution in [0.5, 0.6) is 0 Å². The van der Waals surface area contributed by atoms with Crippen LogP contribution in [0.4, 0.5) is 0 Å². The van der Waals surface area contributed by atoms with E-state index >= 15 is 0 Å². The lowest BCUT2D eigenvalue weighted by Gasteiger charge is -2.37. The van der Waals surface area contributed by atoms with Crippen molar-refractivity contribution in [3.05, 3.63) is 70.2 Å². The van der Waals surface area contributed by atoms with Gasteiger partial charge in [-0.25, -0.2) is 0 Å². The van der Waals surface area contributed by atoms with Gasteiger partial charge in [-0.3, -0.25) is 9.69 Å². The summed E-state index contributed by atoms with van der Waals surface area (Å²) in [5.41, 5.74) is 3.83. The summed E-state index contributed by atoms with van der Waals surface area (Å²) in [7, 11) is 0. The van der Waals surface area contributed by atoms with Crippen molar-refractivity contribution in [1.82, 2.24) is 10.2 Å². The van der Waals surface area contributed by atoms with Gasteiger partial charge >= 0.3 is 0 Å².